The highest BCUT2D eigenvalue weighted by Crippen LogP contribution is 2.35. The van der Waals surface area contributed by atoms with Crippen molar-refractivity contribution in [3.8, 4) is 11.3 Å². The maximum atomic E-state index is 13.3. The summed E-state index contributed by atoms with van der Waals surface area (Å²) >= 11 is 0. The molecule has 29 heavy (non-hydrogen) atoms. The lowest BCUT2D eigenvalue weighted by Crippen LogP contribution is -2.39. The van der Waals surface area contributed by atoms with Gasteiger partial charge in [-0.2, -0.15) is 18.2 Å². The molecule has 2 fully saturated rings. The second-order valence-corrected chi connectivity index (χ2v) is 6.76. The molecule has 2 aromatic rings. The minimum Gasteiger partial charge on any atom is -0.383 e. The van der Waals surface area contributed by atoms with Crippen molar-refractivity contribution in [3.05, 3.63) is 23.9 Å². The summed E-state index contributed by atoms with van der Waals surface area (Å²) in [5, 5.41) is 0. The third-order valence-corrected chi connectivity index (χ3v) is 4.85. The number of halogens is 3. The second-order valence-electron chi connectivity index (χ2n) is 6.76. The molecule has 0 radical (unpaired) electrons. The van der Waals surface area contributed by atoms with Gasteiger partial charge in [-0.05, 0) is 6.07 Å². The summed E-state index contributed by atoms with van der Waals surface area (Å²) in [7, 11) is 0. The fourth-order valence-electron chi connectivity index (χ4n) is 3.27. The van der Waals surface area contributed by atoms with Gasteiger partial charge in [-0.25, -0.2) is 9.97 Å². The first kappa shape index (κ1) is 19.6. The number of ether oxygens (including phenoxy) is 2. The van der Waals surface area contributed by atoms with Crippen LogP contribution in [-0.2, 0) is 15.7 Å². The first-order valence-electron chi connectivity index (χ1n) is 9.29. The summed E-state index contributed by atoms with van der Waals surface area (Å²) in [6.07, 6.45) is -3.29. The summed E-state index contributed by atoms with van der Waals surface area (Å²) in [5.41, 5.74) is 5.06. The van der Waals surface area contributed by atoms with Gasteiger partial charge in [-0.1, -0.05) is 0 Å². The standard InChI is InChI=1S/C18H21F3N6O2/c19-18(20,21)13-9-12(11-23-16(13)22)14-10-15(26-1-5-28-6-2-26)25-17(24-14)27-3-7-29-8-4-27/h9-11H,1-8H2,(H2,22,23). The number of anilines is 3. The molecule has 8 nitrogen and oxygen atoms in total. The van der Waals surface area contributed by atoms with E-state index in [1.165, 1.54) is 6.20 Å². The minimum atomic E-state index is -4.60. The molecule has 0 bridgehead atoms. The molecule has 0 spiro atoms. The minimum absolute atomic E-state index is 0.234. The molecule has 0 saturated carbocycles. The molecule has 4 rings (SSSR count). The molecule has 2 aromatic heterocycles. The average Bonchev–Trinajstić information content (AvgIpc) is 2.74. The van der Waals surface area contributed by atoms with Crippen LogP contribution in [0.3, 0.4) is 0 Å². The van der Waals surface area contributed by atoms with E-state index in [0.29, 0.717) is 70.1 Å². The lowest BCUT2D eigenvalue weighted by molar-refractivity contribution is -0.137. The molecule has 2 aliphatic heterocycles. The van der Waals surface area contributed by atoms with E-state index in [9.17, 15) is 13.2 Å². The van der Waals surface area contributed by atoms with E-state index in [4.69, 9.17) is 15.2 Å². The molecule has 0 amide bonds. The third kappa shape index (κ3) is 4.35. The maximum Gasteiger partial charge on any atom is 0.419 e. The van der Waals surface area contributed by atoms with Crippen molar-refractivity contribution < 1.29 is 22.6 Å². The number of alkyl halides is 3. The Bertz CT molecular complexity index is 831. The van der Waals surface area contributed by atoms with Crippen molar-refractivity contribution >= 4 is 17.6 Å². The Kier molecular flexibility index (Phi) is 5.41. The molecule has 0 atom stereocenters. The molecule has 156 valence electrons. The normalized spacial score (nSPS) is 18.2. The van der Waals surface area contributed by atoms with E-state index in [0.717, 1.165) is 6.07 Å². The van der Waals surface area contributed by atoms with Gasteiger partial charge in [0.05, 0.1) is 37.7 Å². The lowest BCUT2D eigenvalue weighted by atomic mass is 10.1. The number of rotatable bonds is 3. The Labute approximate surface area is 165 Å². The monoisotopic (exact) mass is 410 g/mol. The number of aromatic nitrogens is 3. The molecule has 4 heterocycles. The number of hydrogen-bond acceptors (Lipinski definition) is 8. The van der Waals surface area contributed by atoms with Crippen LogP contribution in [0, 0.1) is 0 Å². The molecule has 2 N–H and O–H groups in total. The van der Waals surface area contributed by atoms with E-state index in [-0.39, 0.29) is 5.56 Å². The van der Waals surface area contributed by atoms with Gasteiger partial charge >= 0.3 is 6.18 Å². The molecule has 2 aliphatic rings. The number of nitrogens with two attached hydrogens (primary N) is 1. The van der Waals surface area contributed by atoms with Crippen LogP contribution in [-0.4, -0.2) is 67.6 Å². The molecule has 2 saturated heterocycles. The van der Waals surface area contributed by atoms with Gasteiger partial charge in [0.2, 0.25) is 5.95 Å². The molecular formula is C18H21F3N6O2. The summed E-state index contributed by atoms with van der Waals surface area (Å²) < 4.78 is 50.6. The van der Waals surface area contributed by atoms with Crippen molar-refractivity contribution in [3.63, 3.8) is 0 Å². The van der Waals surface area contributed by atoms with Gasteiger partial charge in [0.15, 0.2) is 0 Å². The Balaban J connectivity index is 1.77. The van der Waals surface area contributed by atoms with Crippen molar-refractivity contribution in [1.82, 2.24) is 15.0 Å². The highest BCUT2D eigenvalue weighted by Gasteiger charge is 2.34. The number of nitrogens with zero attached hydrogens (tertiary/aromatic N) is 5. The van der Waals surface area contributed by atoms with E-state index >= 15 is 0 Å². The predicted molar refractivity (Wildman–Crippen MR) is 101 cm³/mol. The fraction of sp³-hybridized carbons (Fsp3) is 0.500. The highest BCUT2D eigenvalue weighted by atomic mass is 19.4. The van der Waals surface area contributed by atoms with Crippen LogP contribution in [0.5, 0.6) is 0 Å². The summed E-state index contributed by atoms with van der Waals surface area (Å²) in [6.45, 7) is 4.73. The van der Waals surface area contributed by atoms with Crippen molar-refractivity contribution in [1.29, 1.82) is 0 Å². The van der Waals surface area contributed by atoms with Crippen molar-refractivity contribution in [2.75, 3.05) is 68.1 Å². The van der Waals surface area contributed by atoms with Gasteiger partial charge < -0.3 is 25.0 Å². The van der Waals surface area contributed by atoms with E-state index in [1.54, 1.807) is 6.07 Å². The summed E-state index contributed by atoms with van der Waals surface area (Å²) in [4.78, 5) is 16.9. The zero-order valence-corrected chi connectivity index (χ0v) is 15.7. The van der Waals surface area contributed by atoms with Gasteiger partial charge in [0, 0.05) is 44.0 Å². The first-order chi connectivity index (χ1) is 13.9. The molecule has 0 unspecified atom stereocenters. The van der Waals surface area contributed by atoms with Crippen LogP contribution >= 0.6 is 0 Å². The van der Waals surface area contributed by atoms with Gasteiger partial charge in [0.25, 0.3) is 0 Å². The highest BCUT2D eigenvalue weighted by molar-refractivity contribution is 5.67. The van der Waals surface area contributed by atoms with Crippen LogP contribution in [0.1, 0.15) is 5.56 Å². The quantitative estimate of drug-likeness (QED) is 0.820. The Morgan fingerprint density at radius 2 is 1.52 bits per heavy atom. The van der Waals surface area contributed by atoms with E-state index in [1.807, 2.05) is 9.80 Å². The fourth-order valence-corrected chi connectivity index (χ4v) is 3.27. The zero-order chi connectivity index (χ0) is 20.4. The number of morpholine rings is 2. The number of pyridine rings is 1. The molecule has 0 aromatic carbocycles. The van der Waals surface area contributed by atoms with Crippen LogP contribution < -0.4 is 15.5 Å². The SMILES string of the molecule is Nc1ncc(-c2cc(N3CCOCC3)nc(N3CCOCC3)n2)cc1C(F)(F)F. The van der Waals surface area contributed by atoms with Crippen LogP contribution in [0.2, 0.25) is 0 Å². The predicted octanol–water partition coefficient (Wildman–Crippen LogP) is 1.81. The van der Waals surface area contributed by atoms with E-state index in [2.05, 4.69) is 15.0 Å². The lowest BCUT2D eigenvalue weighted by Gasteiger charge is -2.31. The zero-order valence-electron chi connectivity index (χ0n) is 15.7. The molecule has 11 heteroatoms. The number of hydrogen-bond donors (Lipinski definition) is 1. The van der Waals surface area contributed by atoms with Crippen LogP contribution in [0.15, 0.2) is 18.3 Å². The summed E-state index contributed by atoms with van der Waals surface area (Å²) in [6, 6.07) is 2.67. The second kappa shape index (κ2) is 7.99. The maximum absolute atomic E-state index is 13.3. The molecular weight excluding hydrogens is 389 g/mol. The third-order valence-electron chi connectivity index (χ3n) is 4.85. The Hall–Kier alpha value is -2.66. The van der Waals surface area contributed by atoms with Gasteiger partial charge in [-0.15, -0.1) is 0 Å². The van der Waals surface area contributed by atoms with Crippen LogP contribution in [0.25, 0.3) is 11.3 Å². The largest absolute Gasteiger partial charge is 0.419 e. The Morgan fingerprint density at radius 3 is 2.14 bits per heavy atom. The number of nitrogen functional groups attached to an aromatic ring is 1. The average molecular weight is 410 g/mol. The Morgan fingerprint density at radius 1 is 0.897 bits per heavy atom. The molecule has 0 aliphatic carbocycles. The van der Waals surface area contributed by atoms with Gasteiger partial charge in [0.1, 0.15) is 11.6 Å². The van der Waals surface area contributed by atoms with Gasteiger partial charge in [-0.3, -0.25) is 0 Å². The first-order valence-corrected chi connectivity index (χ1v) is 9.29. The van der Waals surface area contributed by atoms with Crippen molar-refractivity contribution in [2.45, 2.75) is 6.18 Å². The smallest absolute Gasteiger partial charge is 0.383 e. The topological polar surface area (TPSA) is 89.6 Å². The summed E-state index contributed by atoms with van der Waals surface area (Å²) in [5.74, 6) is 0.542. The van der Waals surface area contributed by atoms with Crippen molar-refractivity contribution in [2.24, 2.45) is 0 Å². The van der Waals surface area contributed by atoms with Crippen LogP contribution in [0.4, 0.5) is 30.8 Å². The van der Waals surface area contributed by atoms with E-state index < -0.39 is 17.6 Å².